The van der Waals surface area contributed by atoms with Gasteiger partial charge in [-0.15, -0.1) is 0 Å². The van der Waals surface area contributed by atoms with Crippen molar-refractivity contribution in [1.29, 1.82) is 0 Å². The number of amides is 1. The molecular weight excluding hydrogens is 459 g/mol. The molecule has 0 bridgehead atoms. The number of anilines is 1. The van der Waals surface area contributed by atoms with Crippen molar-refractivity contribution in [3.63, 3.8) is 0 Å². The minimum Gasteiger partial charge on any atom is -0.633 e. The Morgan fingerprint density at radius 1 is 1.24 bits per heavy atom. The molecule has 1 amide bonds. The molecule has 1 N–H and O–H groups in total. The van der Waals surface area contributed by atoms with Gasteiger partial charge in [0.1, 0.15) is 18.7 Å². The number of piperidine rings is 1. The quantitative estimate of drug-likeness (QED) is 0.372. The molecule has 10 heteroatoms. The number of rotatable bonds is 6. The van der Waals surface area contributed by atoms with Crippen LogP contribution in [0.4, 0.5) is 18.9 Å². The lowest BCUT2D eigenvalue weighted by molar-refractivity contribution is -0.891. The van der Waals surface area contributed by atoms with Crippen molar-refractivity contribution in [1.82, 2.24) is 4.90 Å². The number of unbranched alkanes of at least 4 members (excludes halogenated alkanes) is 1. The molecule has 184 valence electrons. The highest BCUT2D eigenvalue weighted by atomic mass is 35.5. The van der Waals surface area contributed by atoms with Crippen LogP contribution in [0.15, 0.2) is 18.2 Å². The average molecular weight is 490 g/mol. The Morgan fingerprint density at radius 3 is 2.58 bits per heavy atom. The minimum absolute atomic E-state index is 0.0195. The lowest BCUT2D eigenvalue weighted by Crippen LogP contribution is -2.56. The molecule has 2 aliphatic heterocycles. The van der Waals surface area contributed by atoms with Gasteiger partial charge in [0.15, 0.2) is 0 Å². The SMILES string of the molecule is CC1C(=O)N(CCCC[N@@+]2([O-])CCC3(CC3)[C@H](O)C2)CCN1c1ccc(C(F)(F)F)c(Cl)c1. The molecule has 1 spiro atoms. The van der Waals surface area contributed by atoms with Crippen LogP contribution in [0.3, 0.4) is 0 Å². The molecule has 1 aromatic rings. The van der Waals surface area contributed by atoms with Crippen LogP contribution in [0.1, 0.15) is 44.6 Å². The summed E-state index contributed by atoms with van der Waals surface area (Å²) in [5.74, 6) is -0.0904. The van der Waals surface area contributed by atoms with Gasteiger partial charge in [-0.1, -0.05) is 11.6 Å². The maximum absolute atomic E-state index is 13.0. The Balaban J connectivity index is 1.26. The van der Waals surface area contributed by atoms with Gasteiger partial charge in [-0.2, -0.15) is 13.2 Å². The van der Waals surface area contributed by atoms with Gasteiger partial charge in [-0.05, 0) is 50.8 Å². The third-order valence-electron chi connectivity index (χ3n) is 7.70. The summed E-state index contributed by atoms with van der Waals surface area (Å²) >= 11 is 5.85. The van der Waals surface area contributed by atoms with Crippen LogP contribution >= 0.6 is 11.6 Å². The van der Waals surface area contributed by atoms with Gasteiger partial charge in [0.25, 0.3) is 0 Å². The molecule has 33 heavy (non-hydrogen) atoms. The highest BCUT2D eigenvalue weighted by molar-refractivity contribution is 6.31. The second-order valence-corrected chi connectivity index (χ2v) is 10.3. The number of hydroxylamine groups is 3. The molecule has 1 aliphatic carbocycles. The fourth-order valence-electron chi connectivity index (χ4n) is 5.26. The number of alkyl halides is 3. The number of hydrogen-bond acceptors (Lipinski definition) is 4. The van der Waals surface area contributed by atoms with Gasteiger partial charge in [0.05, 0.1) is 23.7 Å². The van der Waals surface area contributed by atoms with E-state index in [9.17, 15) is 28.3 Å². The zero-order valence-electron chi connectivity index (χ0n) is 18.8. The summed E-state index contributed by atoms with van der Waals surface area (Å²) in [5.41, 5.74) is -0.382. The number of aliphatic hydroxyl groups excluding tert-OH is 1. The third kappa shape index (κ3) is 5.11. The first-order valence-corrected chi connectivity index (χ1v) is 12.0. The number of carbonyl (C=O) groups excluding carboxylic acids is 1. The molecular formula is C23H31ClF3N3O3. The van der Waals surface area contributed by atoms with E-state index in [4.69, 9.17) is 11.6 Å². The highest BCUT2D eigenvalue weighted by Crippen LogP contribution is 2.54. The third-order valence-corrected chi connectivity index (χ3v) is 8.02. The smallest absolute Gasteiger partial charge is 0.417 e. The Labute approximate surface area is 197 Å². The Kier molecular flexibility index (Phi) is 6.63. The summed E-state index contributed by atoms with van der Waals surface area (Å²) in [4.78, 5) is 16.4. The second-order valence-electron chi connectivity index (χ2n) is 9.88. The van der Waals surface area contributed by atoms with E-state index in [1.54, 1.807) is 16.7 Å². The van der Waals surface area contributed by atoms with E-state index in [0.717, 1.165) is 25.3 Å². The monoisotopic (exact) mass is 489 g/mol. The van der Waals surface area contributed by atoms with Crippen LogP contribution < -0.4 is 4.90 Å². The maximum Gasteiger partial charge on any atom is 0.417 e. The van der Waals surface area contributed by atoms with E-state index < -0.39 is 23.9 Å². The van der Waals surface area contributed by atoms with Crippen LogP contribution in [0, 0.1) is 10.6 Å². The average Bonchev–Trinajstić information content (AvgIpc) is 3.52. The van der Waals surface area contributed by atoms with Gasteiger partial charge in [0.2, 0.25) is 5.91 Å². The fourth-order valence-corrected chi connectivity index (χ4v) is 5.54. The second kappa shape index (κ2) is 8.91. The molecule has 0 radical (unpaired) electrons. The summed E-state index contributed by atoms with van der Waals surface area (Å²) < 4.78 is 38.5. The van der Waals surface area contributed by atoms with Crippen LogP contribution in [0.25, 0.3) is 0 Å². The predicted octanol–water partition coefficient (Wildman–Crippen LogP) is 4.04. The number of aliphatic hydroxyl groups is 1. The Morgan fingerprint density at radius 2 is 1.97 bits per heavy atom. The molecule has 3 aliphatic rings. The zero-order chi connectivity index (χ0) is 24.0. The molecule has 2 heterocycles. The number of halogens is 4. The van der Waals surface area contributed by atoms with E-state index >= 15 is 0 Å². The minimum atomic E-state index is -4.52. The van der Waals surface area contributed by atoms with Crippen molar-refractivity contribution in [2.75, 3.05) is 44.2 Å². The van der Waals surface area contributed by atoms with Gasteiger partial charge >= 0.3 is 6.18 Å². The summed E-state index contributed by atoms with van der Waals surface area (Å²) in [7, 11) is 0. The van der Waals surface area contributed by atoms with E-state index in [1.165, 1.54) is 12.1 Å². The lowest BCUT2D eigenvalue weighted by atomic mass is 9.90. The molecule has 3 atom stereocenters. The Bertz CT molecular complexity index is 895. The highest BCUT2D eigenvalue weighted by Gasteiger charge is 2.54. The zero-order valence-corrected chi connectivity index (χ0v) is 19.5. The number of carbonyl (C=O) groups is 1. The largest absolute Gasteiger partial charge is 0.633 e. The molecule has 4 rings (SSSR count). The molecule has 1 saturated carbocycles. The predicted molar refractivity (Wildman–Crippen MR) is 120 cm³/mol. The van der Waals surface area contributed by atoms with Gasteiger partial charge in [0, 0.05) is 37.2 Å². The van der Waals surface area contributed by atoms with Crippen LogP contribution in [-0.4, -0.2) is 72.0 Å². The standard InChI is InChI=1S/C23H31ClF3N3O3/c1-16-21(32)28(9-2-3-12-30(33)13-8-22(6-7-22)20(31)15-30)10-11-29(16)17-4-5-18(19(24)14-17)23(25,26)27/h4-5,14,16,20,31H,2-3,6-13,15H2,1H3/t16?,20-,30-/m1/s1. The Hall–Kier alpha value is -1.55. The van der Waals surface area contributed by atoms with Gasteiger partial charge < -0.3 is 24.8 Å². The van der Waals surface area contributed by atoms with Crippen LogP contribution in [-0.2, 0) is 11.0 Å². The van der Waals surface area contributed by atoms with Crippen molar-refractivity contribution >= 4 is 23.2 Å². The fraction of sp³-hybridized carbons (Fsp3) is 0.696. The van der Waals surface area contributed by atoms with Crippen molar-refractivity contribution in [3.8, 4) is 0 Å². The number of hydrogen-bond donors (Lipinski definition) is 1. The van der Waals surface area contributed by atoms with Crippen molar-refractivity contribution in [2.45, 2.75) is 57.3 Å². The summed E-state index contributed by atoms with van der Waals surface area (Å²) in [6.45, 7) is 4.50. The van der Waals surface area contributed by atoms with Crippen molar-refractivity contribution in [2.24, 2.45) is 5.41 Å². The maximum atomic E-state index is 13.0. The topological polar surface area (TPSA) is 66.8 Å². The first kappa shape index (κ1) is 24.6. The number of quaternary nitrogens is 1. The van der Waals surface area contributed by atoms with Crippen molar-refractivity contribution in [3.05, 3.63) is 34.0 Å². The first-order chi connectivity index (χ1) is 15.4. The van der Waals surface area contributed by atoms with E-state index in [2.05, 4.69) is 0 Å². The summed E-state index contributed by atoms with van der Waals surface area (Å²) in [6.07, 6.45) is -0.792. The number of nitrogens with zero attached hydrogens (tertiary/aromatic N) is 3. The number of likely N-dealkylation sites (tertiary alicyclic amines) is 1. The normalized spacial score (nSPS) is 29.6. The van der Waals surface area contributed by atoms with Gasteiger partial charge in [-0.25, -0.2) is 0 Å². The molecule has 1 aromatic carbocycles. The number of benzene rings is 1. The summed E-state index contributed by atoms with van der Waals surface area (Å²) in [5, 5.41) is 22.9. The number of piperazine rings is 1. The molecule has 6 nitrogen and oxygen atoms in total. The van der Waals surface area contributed by atoms with Crippen molar-refractivity contribution < 1.29 is 27.7 Å². The van der Waals surface area contributed by atoms with Crippen LogP contribution in [0.2, 0.25) is 5.02 Å². The molecule has 2 saturated heterocycles. The molecule has 3 fully saturated rings. The van der Waals surface area contributed by atoms with Crippen LogP contribution in [0.5, 0.6) is 0 Å². The lowest BCUT2D eigenvalue weighted by Gasteiger charge is -2.50. The van der Waals surface area contributed by atoms with E-state index in [-0.39, 0.29) is 27.5 Å². The first-order valence-electron chi connectivity index (χ1n) is 11.6. The molecule has 1 unspecified atom stereocenters. The van der Waals surface area contributed by atoms with E-state index in [0.29, 0.717) is 51.3 Å². The van der Waals surface area contributed by atoms with E-state index in [1.807, 2.05) is 0 Å². The summed E-state index contributed by atoms with van der Waals surface area (Å²) in [6, 6.07) is 3.05. The molecule has 0 aromatic heterocycles. The van der Waals surface area contributed by atoms with Gasteiger partial charge in [-0.3, -0.25) is 4.79 Å².